The Morgan fingerprint density at radius 1 is 1.28 bits per heavy atom. The Morgan fingerprint density at radius 2 is 1.94 bits per heavy atom. The van der Waals surface area contributed by atoms with E-state index in [2.05, 4.69) is 26.5 Å². The highest BCUT2D eigenvalue weighted by Crippen LogP contribution is 2.17. The van der Waals surface area contributed by atoms with E-state index < -0.39 is 0 Å². The van der Waals surface area contributed by atoms with Crippen molar-refractivity contribution >= 4 is 5.91 Å². The fourth-order valence-corrected chi connectivity index (χ4v) is 1.98. The molecule has 0 spiro atoms. The molecule has 0 saturated carbocycles. The molecule has 2 atom stereocenters. The molecule has 0 bridgehead atoms. The van der Waals surface area contributed by atoms with Crippen LogP contribution >= 0.6 is 0 Å². The van der Waals surface area contributed by atoms with Gasteiger partial charge in [0.25, 0.3) is 0 Å². The molecule has 0 radical (unpaired) electrons. The quantitative estimate of drug-likeness (QED) is 0.580. The largest absolute Gasteiger partial charge is 0.369 e. The highest BCUT2D eigenvalue weighted by atomic mass is 16.1. The van der Waals surface area contributed by atoms with Crippen molar-refractivity contribution in [3.05, 3.63) is 24.3 Å². The van der Waals surface area contributed by atoms with Gasteiger partial charge in [0.15, 0.2) is 0 Å². The van der Waals surface area contributed by atoms with Crippen molar-refractivity contribution in [3.8, 4) is 0 Å². The third-order valence-electron chi connectivity index (χ3n) is 3.44. The second-order valence-electron chi connectivity index (χ2n) is 5.46. The third kappa shape index (κ3) is 9.03. The van der Waals surface area contributed by atoms with Crippen LogP contribution in [0.2, 0.25) is 0 Å². The number of amides is 1. The second kappa shape index (κ2) is 9.93. The maximum atomic E-state index is 10.9. The van der Waals surface area contributed by atoms with E-state index in [9.17, 15) is 4.79 Å². The van der Waals surface area contributed by atoms with Crippen LogP contribution in [-0.2, 0) is 4.79 Å². The summed E-state index contributed by atoms with van der Waals surface area (Å²) in [4.78, 5) is 10.9. The first-order chi connectivity index (χ1) is 8.47. The van der Waals surface area contributed by atoms with Gasteiger partial charge in [-0.1, -0.05) is 44.4 Å². The Hall–Kier alpha value is -1.05. The van der Waals surface area contributed by atoms with Crippen molar-refractivity contribution in [3.63, 3.8) is 0 Å². The molecule has 0 fully saturated rings. The fourth-order valence-electron chi connectivity index (χ4n) is 1.98. The Kier molecular flexibility index (Phi) is 9.35. The minimum atomic E-state index is -0.175. The van der Waals surface area contributed by atoms with Crippen molar-refractivity contribution in [2.45, 2.75) is 59.3 Å². The zero-order valence-corrected chi connectivity index (χ0v) is 12.2. The number of allylic oxidation sites excluding steroid dienone is 3. The zero-order chi connectivity index (χ0) is 14.0. The maximum Gasteiger partial charge on any atom is 0.220 e. The summed E-state index contributed by atoms with van der Waals surface area (Å²) in [7, 11) is 0. The van der Waals surface area contributed by atoms with Crippen LogP contribution in [0.5, 0.6) is 0 Å². The molecular weight excluding hydrogens is 222 g/mol. The molecule has 0 aliphatic carbocycles. The van der Waals surface area contributed by atoms with Gasteiger partial charge >= 0.3 is 0 Å². The van der Waals surface area contributed by atoms with Crippen molar-refractivity contribution < 1.29 is 4.79 Å². The van der Waals surface area contributed by atoms with Crippen LogP contribution in [0, 0.1) is 11.8 Å². The van der Waals surface area contributed by atoms with Crippen molar-refractivity contribution in [2.24, 2.45) is 17.6 Å². The first-order valence-electron chi connectivity index (χ1n) is 7.03. The number of carbonyl (C=O) groups excluding carboxylic acids is 1. The van der Waals surface area contributed by atoms with Gasteiger partial charge < -0.3 is 5.73 Å². The van der Waals surface area contributed by atoms with Crippen LogP contribution in [0.4, 0.5) is 0 Å². The summed E-state index contributed by atoms with van der Waals surface area (Å²) in [6.45, 7) is 10.1. The van der Waals surface area contributed by atoms with Gasteiger partial charge in [0.05, 0.1) is 0 Å². The molecule has 104 valence electrons. The molecule has 0 heterocycles. The lowest BCUT2D eigenvalue weighted by Gasteiger charge is -2.11. The molecule has 0 aromatic carbocycles. The molecule has 18 heavy (non-hydrogen) atoms. The molecule has 1 amide bonds. The average molecular weight is 251 g/mol. The molecule has 0 aliphatic heterocycles. The second-order valence-corrected chi connectivity index (χ2v) is 5.46. The molecule has 2 unspecified atom stereocenters. The highest BCUT2D eigenvalue weighted by molar-refractivity contribution is 5.76. The van der Waals surface area contributed by atoms with Crippen LogP contribution in [0.25, 0.3) is 0 Å². The first-order valence-corrected chi connectivity index (χ1v) is 7.03. The smallest absolute Gasteiger partial charge is 0.220 e. The van der Waals surface area contributed by atoms with Crippen LogP contribution < -0.4 is 5.73 Å². The normalized spacial score (nSPS) is 15.2. The molecule has 2 nitrogen and oxygen atoms in total. The maximum absolute atomic E-state index is 10.9. The molecule has 0 rings (SSSR count). The van der Waals surface area contributed by atoms with Crippen LogP contribution in [-0.4, -0.2) is 5.91 Å². The Bertz CT molecular complexity index is 281. The number of hydrogen-bond donors (Lipinski definition) is 1. The SMILES string of the molecule is C=CC/C(C)=C/CCC(C)CCCC(C)C(N)=O. The van der Waals surface area contributed by atoms with E-state index in [1.165, 1.54) is 18.4 Å². The Labute approximate surface area is 112 Å². The lowest BCUT2D eigenvalue weighted by Crippen LogP contribution is -2.20. The van der Waals surface area contributed by atoms with Crippen LogP contribution in [0.15, 0.2) is 24.3 Å². The summed E-state index contributed by atoms with van der Waals surface area (Å²) in [5.41, 5.74) is 6.64. The predicted molar refractivity (Wildman–Crippen MR) is 79.2 cm³/mol. The van der Waals surface area contributed by atoms with E-state index in [0.717, 1.165) is 31.6 Å². The van der Waals surface area contributed by atoms with Crippen LogP contribution in [0.3, 0.4) is 0 Å². The van der Waals surface area contributed by atoms with Crippen molar-refractivity contribution in [2.75, 3.05) is 0 Å². The summed E-state index contributed by atoms with van der Waals surface area (Å²) >= 11 is 0. The summed E-state index contributed by atoms with van der Waals surface area (Å²) in [5, 5.41) is 0. The highest BCUT2D eigenvalue weighted by Gasteiger charge is 2.09. The molecule has 2 N–H and O–H groups in total. The van der Waals surface area contributed by atoms with E-state index in [1.807, 2.05) is 13.0 Å². The predicted octanol–water partition coefficient (Wildman–Crippen LogP) is 4.22. The van der Waals surface area contributed by atoms with E-state index in [1.54, 1.807) is 0 Å². The van der Waals surface area contributed by atoms with E-state index >= 15 is 0 Å². The Balaban J connectivity index is 3.66. The van der Waals surface area contributed by atoms with Gasteiger partial charge in [0, 0.05) is 5.92 Å². The van der Waals surface area contributed by atoms with Gasteiger partial charge in [0.2, 0.25) is 5.91 Å². The molecule has 0 aromatic heterocycles. The van der Waals surface area contributed by atoms with Gasteiger partial charge in [0.1, 0.15) is 0 Å². The van der Waals surface area contributed by atoms with E-state index in [-0.39, 0.29) is 11.8 Å². The van der Waals surface area contributed by atoms with E-state index in [4.69, 9.17) is 5.73 Å². The summed E-state index contributed by atoms with van der Waals surface area (Å²) in [5.74, 6) is 0.565. The zero-order valence-electron chi connectivity index (χ0n) is 12.2. The number of carbonyl (C=O) groups is 1. The molecular formula is C16H29NO. The van der Waals surface area contributed by atoms with Crippen molar-refractivity contribution in [1.82, 2.24) is 0 Å². The molecule has 0 aliphatic rings. The number of rotatable bonds is 10. The standard InChI is InChI=1S/C16H29NO/c1-5-8-13(2)9-6-10-14(3)11-7-12-15(4)16(17)18/h5,9,14-15H,1,6-8,10-12H2,2-4H3,(H2,17,18)/b13-9+. The van der Waals surface area contributed by atoms with Gasteiger partial charge in [-0.2, -0.15) is 0 Å². The molecule has 0 aromatic rings. The minimum absolute atomic E-state index is 0.0203. The number of hydrogen-bond acceptors (Lipinski definition) is 1. The van der Waals surface area contributed by atoms with E-state index in [0.29, 0.717) is 0 Å². The van der Waals surface area contributed by atoms with Gasteiger partial charge in [-0.15, -0.1) is 6.58 Å². The monoisotopic (exact) mass is 251 g/mol. The van der Waals surface area contributed by atoms with Gasteiger partial charge in [-0.25, -0.2) is 0 Å². The van der Waals surface area contributed by atoms with Gasteiger partial charge in [-0.3, -0.25) is 4.79 Å². The Morgan fingerprint density at radius 3 is 2.50 bits per heavy atom. The lowest BCUT2D eigenvalue weighted by molar-refractivity contribution is -0.121. The van der Waals surface area contributed by atoms with Gasteiger partial charge in [-0.05, 0) is 38.5 Å². The fraction of sp³-hybridized carbons (Fsp3) is 0.688. The minimum Gasteiger partial charge on any atom is -0.369 e. The average Bonchev–Trinajstić information content (AvgIpc) is 2.29. The van der Waals surface area contributed by atoms with Crippen molar-refractivity contribution in [1.29, 1.82) is 0 Å². The molecule has 0 saturated heterocycles. The topological polar surface area (TPSA) is 43.1 Å². The first kappa shape index (κ1) is 16.9. The van der Waals surface area contributed by atoms with Crippen LogP contribution in [0.1, 0.15) is 59.3 Å². The summed E-state index contributed by atoms with van der Waals surface area (Å²) < 4.78 is 0. The third-order valence-corrected chi connectivity index (χ3v) is 3.44. The number of nitrogens with two attached hydrogens (primary N) is 1. The number of primary amides is 1. The lowest BCUT2D eigenvalue weighted by atomic mass is 9.95. The molecule has 2 heteroatoms. The summed E-state index contributed by atoms with van der Waals surface area (Å²) in [6.07, 6.45) is 10.8. The summed E-state index contributed by atoms with van der Waals surface area (Å²) in [6, 6.07) is 0.